The molecule has 0 bridgehead atoms. The van der Waals surface area contributed by atoms with Gasteiger partial charge in [0.25, 0.3) is 0 Å². The Morgan fingerprint density at radius 2 is 2.00 bits per heavy atom. The molecule has 0 radical (unpaired) electrons. The number of aryl methyl sites for hydroxylation is 2. The van der Waals surface area contributed by atoms with E-state index in [1.165, 1.54) is 11.1 Å². The number of rotatable bonds is 4. The lowest BCUT2D eigenvalue weighted by Gasteiger charge is -2.13. The van der Waals surface area contributed by atoms with Crippen LogP contribution in [0.1, 0.15) is 23.7 Å². The lowest BCUT2D eigenvalue weighted by atomic mass is 10.1. The largest absolute Gasteiger partial charge is 0.361 e. The van der Waals surface area contributed by atoms with Crippen LogP contribution in [0.5, 0.6) is 0 Å². The maximum Gasteiger partial charge on any atom is 0.333 e. The molecule has 6 nitrogen and oxygen atoms in total. The lowest BCUT2D eigenvalue weighted by molar-refractivity contribution is -0.384. The van der Waals surface area contributed by atoms with Gasteiger partial charge in [-0.25, -0.2) is 4.68 Å². The van der Waals surface area contributed by atoms with Crippen LogP contribution in [0.15, 0.2) is 24.3 Å². The normalized spacial score (nSPS) is 14.2. The molecule has 0 unspecified atom stereocenters. The van der Waals surface area contributed by atoms with Crippen LogP contribution in [0.2, 0.25) is 0 Å². The first-order chi connectivity index (χ1) is 10.1. The van der Waals surface area contributed by atoms with Gasteiger partial charge in [-0.3, -0.25) is 10.1 Å². The topological polar surface area (TPSA) is 73.0 Å². The van der Waals surface area contributed by atoms with Crippen LogP contribution >= 0.6 is 0 Å². The molecule has 0 saturated heterocycles. The molecule has 0 saturated carbocycles. The van der Waals surface area contributed by atoms with Crippen molar-refractivity contribution in [2.75, 3.05) is 5.32 Å². The molecule has 21 heavy (non-hydrogen) atoms. The van der Waals surface area contributed by atoms with Crippen LogP contribution in [0, 0.1) is 17.0 Å². The van der Waals surface area contributed by atoms with Crippen molar-refractivity contribution in [3.8, 4) is 0 Å². The summed E-state index contributed by atoms with van der Waals surface area (Å²) in [4.78, 5) is 10.9. The molecule has 0 amide bonds. The molecular weight excluding hydrogens is 268 g/mol. The van der Waals surface area contributed by atoms with Crippen LogP contribution in [0.3, 0.4) is 0 Å². The fourth-order valence-electron chi connectivity index (χ4n) is 3.02. The Morgan fingerprint density at radius 3 is 2.52 bits per heavy atom. The number of hydrogen-bond acceptors (Lipinski definition) is 4. The fourth-order valence-corrected chi connectivity index (χ4v) is 3.02. The van der Waals surface area contributed by atoms with E-state index in [0.29, 0.717) is 18.1 Å². The van der Waals surface area contributed by atoms with Gasteiger partial charge in [-0.15, -0.1) is 0 Å². The Bertz CT molecular complexity index is 668. The van der Waals surface area contributed by atoms with E-state index in [1.54, 1.807) is 11.6 Å². The second kappa shape index (κ2) is 5.20. The maximum absolute atomic E-state index is 11.3. The second-order valence-electron chi connectivity index (χ2n) is 5.37. The maximum atomic E-state index is 11.3. The second-order valence-corrected chi connectivity index (χ2v) is 5.37. The number of hydrogen-bond donors (Lipinski definition) is 1. The number of nitrogens with zero attached hydrogens (tertiary/aromatic N) is 3. The fraction of sp³-hybridized carbons (Fsp3) is 0.400. The van der Waals surface area contributed by atoms with Gasteiger partial charge in [-0.2, -0.15) is 5.10 Å². The summed E-state index contributed by atoms with van der Waals surface area (Å²) in [6.45, 7) is 4.22. The van der Waals surface area contributed by atoms with Gasteiger partial charge in [-0.05, 0) is 37.8 Å². The standard InChI is InChI=1S/C15H18N4O2/c1-3-18-15(14(19(20)21)10(2)17-18)16-13-8-11-6-4-5-7-12(11)9-13/h4-7,13,16H,3,8-9H2,1-2H3. The highest BCUT2D eigenvalue weighted by atomic mass is 16.6. The van der Waals surface area contributed by atoms with Gasteiger partial charge in [-0.1, -0.05) is 24.3 Å². The third-order valence-corrected chi connectivity index (χ3v) is 3.97. The summed E-state index contributed by atoms with van der Waals surface area (Å²) in [5.74, 6) is 0.526. The van der Waals surface area contributed by atoms with Crippen LogP contribution in [-0.2, 0) is 19.4 Å². The van der Waals surface area contributed by atoms with Crippen molar-refractivity contribution in [2.45, 2.75) is 39.3 Å². The van der Waals surface area contributed by atoms with E-state index >= 15 is 0 Å². The first-order valence-electron chi connectivity index (χ1n) is 7.15. The molecule has 0 fully saturated rings. The van der Waals surface area contributed by atoms with Crippen LogP contribution in [-0.4, -0.2) is 20.7 Å². The molecule has 1 heterocycles. The summed E-state index contributed by atoms with van der Waals surface area (Å²) in [5, 5.41) is 18.9. The summed E-state index contributed by atoms with van der Waals surface area (Å²) in [6.07, 6.45) is 1.78. The van der Waals surface area contributed by atoms with E-state index in [1.807, 2.05) is 19.1 Å². The van der Waals surface area contributed by atoms with Crippen molar-refractivity contribution in [3.05, 3.63) is 51.2 Å². The van der Waals surface area contributed by atoms with E-state index in [9.17, 15) is 10.1 Å². The predicted molar refractivity (Wildman–Crippen MR) is 80.6 cm³/mol. The Kier molecular flexibility index (Phi) is 3.37. The molecule has 1 aliphatic carbocycles. The van der Waals surface area contributed by atoms with Crippen molar-refractivity contribution in [3.63, 3.8) is 0 Å². The number of nitrogens with one attached hydrogen (secondary N) is 1. The number of nitro groups is 1. The van der Waals surface area contributed by atoms with Crippen molar-refractivity contribution < 1.29 is 4.92 Å². The van der Waals surface area contributed by atoms with Crippen molar-refractivity contribution in [1.82, 2.24) is 9.78 Å². The molecule has 0 aliphatic heterocycles. The summed E-state index contributed by atoms with van der Waals surface area (Å²) >= 11 is 0. The van der Waals surface area contributed by atoms with E-state index in [4.69, 9.17) is 0 Å². The average Bonchev–Trinajstić information content (AvgIpc) is 2.99. The molecular formula is C15H18N4O2. The molecule has 6 heteroatoms. The molecule has 1 aromatic heterocycles. The third kappa shape index (κ3) is 2.37. The Balaban J connectivity index is 1.88. The van der Waals surface area contributed by atoms with Gasteiger partial charge in [0.05, 0.1) is 4.92 Å². The zero-order valence-electron chi connectivity index (χ0n) is 12.2. The smallest absolute Gasteiger partial charge is 0.333 e. The quantitative estimate of drug-likeness (QED) is 0.692. The molecule has 110 valence electrons. The van der Waals surface area contributed by atoms with Crippen molar-refractivity contribution in [1.29, 1.82) is 0 Å². The van der Waals surface area contributed by atoms with Gasteiger partial charge in [0.2, 0.25) is 5.82 Å². The van der Waals surface area contributed by atoms with E-state index < -0.39 is 0 Å². The van der Waals surface area contributed by atoms with E-state index in [-0.39, 0.29) is 16.7 Å². The van der Waals surface area contributed by atoms with Crippen molar-refractivity contribution >= 4 is 11.5 Å². The summed E-state index contributed by atoms with van der Waals surface area (Å²) in [7, 11) is 0. The van der Waals surface area contributed by atoms with Gasteiger partial charge in [0.15, 0.2) is 0 Å². The van der Waals surface area contributed by atoms with Gasteiger partial charge in [0, 0.05) is 12.6 Å². The first kappa shape index (κ1) is 13.6. The lowest BCUT2D eigenvalue weighted by Crippen LogP contribution is -2.22. The molecule has 1 N–H and O–H groups in total. The summed E-state index contributed by atoms with van der Waals surface area (Å²) in [5.41, 5.74) is 3.18. The van der Waals surface area contributed by atoms with Gasteiger partial charge < -0.3 is 5.32 Å². The highest BCUT2D eigenvalue weighted by Crippen LogP contribution is 2.31. The number of aromatic nitrogens is 2. The number of benzene rings is 1. The van der Waals surface area contributed by atoms with Crippen LogP contribution in [0.4, 0.5) is 11.5 Å². The summed E-state index contributed by atoms with van der Waals surface area (Å²) in [6, 6.07) is 8.48. The SMILES string of the molecule is CCn1nc(C)c([N+](=O)[O-])c1NC1Cc2ccccc2C1. The monoisotopic (exact) mass is 286 g/mol. The average molecular weight is 286 g/mol. The summed E-state index contributed by atoms with van der Waals surface area (Å²) < 4.78 is 1.68. The molecule has 1 aromatic carbocycles. The minimum absolute atomic E-state index is 0.0906. The molecule has 2 aromatic rings. The molecule has 0 spiro atoms. The van der Waals surface area contributed by atoms with Crippen LogP contribution < -0.4 is 5.32 Å². The first-order valence-corrected chi connectivity index (χ1v) is 7.15. The number of fused-ring (bicyclic) bond motifs is 1. The van der Waals surface area contributed by atoms with Crippen LogP contribution in [0.25, 0.3) is 0 Å². The molecule has 1 aliphatic rings. The Hall–Kier alpha value is -2.37. The van der Waals surface area contributed by atoms with E-state index in [2.05, 4.69) is 22.5 Å². The Labute approximate surface area is 122 Å². The minimum atomic E-state index is -0.348. The van der Waals surface area contributed by atoms with Gasteiger partial charge >= 0.3 is 5.69 Å². The highest BCUT2D eigenvalue weighted by molar-refractivity contribution is 5.60. The third-order valence-electron chi connectivity index (χ3n) is 3.97. The predicted octanol–water partition coefficient (Wildman–Crippen LogP) is 2.70. The zero-order valence-corrected chi connectivity index (χ0v) is 12.2. The Morgan fingerprint density at radius 1 is 1.38 bits per heavy atom. The molecule has 0 atom stereocenters. The zero-order chi connectivity index (χ0) is 15.0. The van der Waals surface area contributed by atoms with Gasteiger partial charge in [0.1, 0.15) is 5.69 Å². The minimum Gasteiger partial charge on any atom is -0.361 e. The molecule has 3 rings (SSSR count). The van der Waals surface area contributed by atoms with Crippen molar-refractivity contribution in [2.24, 2.45) is 0 Å². The number of anilines is 1. The van der Waals surface area contributed by atoms with E-state index in [0.717, 1.165) is 12.8 Å². The highest BCUT2D eigenvalue weighted by Gasteiger charge is 2.29.